The van der Waals surface area contributed by atoms with E-state index in [0.717, 1.165) is 24.8 Å². The number of nitrogens with zero attached hydrogens (tertiary/aromatic N) is 1. The van der Waals surface area contributed by atoms with Gasteiger partial charge in [-0.15, -0.1) is 12.4 Å². The number of rotatable bonds is 9. The first kappa shape index (κ1) is 22.2. The first-order chi connectivity index (χ1) is 11.5. The van der Waals surface area contributed by atoms with Crippen LogP contribution in [0, 0.1) is 5.92 Å². The molecule has 0 aromatic heterocycles. The Kier molecular flexibility index (Phi) is 10.4. The summed E-state index contributed by atoms with van der Waals surface area (Å²) < 4.78 is 11.2. The molecule has 5 heteroatoms. The minimum Gasteiger partial charge on any atom is -0.491 e. The standard InChI is InChI=1S/C20H33NO3.ClH/c1-16(2)18-4-6-20(7-5-18)24-13-12-23-15-19(22)14-21-10-8-17(3)9-11-21;/h4-7,16-17,19,22H,8-15H2,1-3H3;1H. The summed E-state index contributed by atoms with van der Waals surface area (Å²) in [5.74, 6) is 2.22. The van der Waals surface area contributed by atoms with Gasteiger partial charge in [-0.05, 0) is 55.5 Å². The molecule has 1 aliphatic rings. The molecule has 144 valence electrons. The number of ether oxygens (including phenoxy) is 2. The molecule has 4 nitrogen and oxygen atoms in total. The summed E-state index contributed by atoms with van der Waals surface area (Å²) in [5.41, 5.74) is 1.31. The van der Waals surface area contributed by atoms with Gasteiger partial charge >= 0.3 is 0 Å². The Labute approximate surface area is 158 Å². The zero-order valence-electron chi connectivity index (χ0n) is 15.8. The van der Waals surface area contributed by atoms with Gasteiger partial charge in [0.05, 0.1) is 19.3 Å². The second kappa shape index (κ2) is 11.7. The van der Waals surface area contributed by atoms with E-state index in [0.29, 0.717) is 32.3 Å². The largest absolute Gasteiger partial charge is 0.491 e. The summed E-state index contributed by atoms with van der Waals surface area (Å²) in [6, 6.07) is 8.21. The molecular formula is C20H34ClNO3. The van der Waals surface area contributed by atoms with Crippen molar-refractivity contribution in [1.82, 2.24) is 4.90 Å². The second-order valence-corrected chi connectivity index (χ2v) is 7.28. The van der Waals surface area contributed by atoms with Crippen molar-refractivity contribution in [3.63, 3.8) is 0 Å². The van der Waals surface area contributed by atoms with E-state index in [-0.39, 0.29) is 12.4 Å². The van der Waals surface area contributed by atoms with Gasteiger partial charge in [-0.25, -0.2) is 0 Å². The van der Waals surface area contributed by atoms with Crippen molar-refractivity contribution in [1.29, 1.82) is 0 Å². The van der Waals surface area contributed by atoms with Crippen molar-refractivity contribution in [2.75, 3.05) is 39.5 Å². The van der Waals surface area contributed by atoms with Gasteiger partial charge in [0.25, 0.3) is 0 Å². The third kappa shape index (κ3) is 8.41. The minimum absolute atomic E-state index is 0. The molecule has 1 atom stereocenters. The molecule has 0 spiro atoms. The highest BCUT2D eigenvalue weighted by Gasteiger charge is 2.18. The van der Waals surface area contributed by atoms with Gasteiger partial charge in [-0.2, -0.15) is 0 Å². The number of likely N-dealkylation sites (tertiary alicyclic amines) is 1. The van der Waals surface area contributed by atoms with Crippen LogP contribution in [0.3, 0.4) is 0 Å². The Bertz CT molecular complexity index is 459. The number of benzene rings is 1. The van der Waals surface area contributed by atoms with Gasteiger partial charge in [0.2, 0.25) is 0 Å². The lowest BCUT2D eigenvalue weighted by Crippen LogP contribution is -2.40. The molecule has 1 aromatic rings. The maximum absolute atomic E-state index is 10.1. The molecule has 1 saturated heterocycles. The van der Waals surface area contributed by atoms with E-state index >= 15 is 0 Å². The van der Waals surface area contributed by atoms with Crippen molar-refractivity contribution in [2.45, 2.75) is 45.6 Å². The second-order valence-electron chi connectivity index (χ2n) is 7.28. The lowest BCUT2D eigenvalue weighted by atomic mass is 9.99. The topological polar surface area (TPSA) is 41.9 Å². The molecule has 2 rings (SSSR count). The fourth-order valence-electron chi connectivity index (χ4n) is 2.98. The molecule has 25 heavy (non-hydrogen) atoms. The summed E-state index contributed by atoms with van der Waals surface area (Å²) >= 11 is 0. The van der Waals surface area contributed by atoms with E-state index in [4.69, 9.17) is 9.47 Å². The van der Waals surface area contributed by atoms with E-state index in [1.54, 1.807) is 0 Å². The fourth-order valence-corrected chi connectivity index (χ4v) is 2.98. The van der Waals surface area contributed by atoms with Crippen molar-refractivity contribution in [2.24, 2.45) is 5.92 Å². The van der Waals surface area contributed by atoms with Gasteiger partial charge in [0.1, 0.15) is 12.4 Å². The lowest BCUT2D eigenvalue weighted by Gasteiger charge is -2.31. The smallest absolute Gasteiger partial charge is 0.119 e. The monoisotopic (exact) mass is 371 g/mol. The first-order valence-corrected chi connectivity index (χ1v) is 9.25. The lowest BCUT2D eigenvalue weighted by molar-refractivity contribution is 0.00333. The van der Waals surface area contributed by atoms with Crippen LogP contribution in [0.5, 0.6) is 5.75 Å². The molecule has 0 saturated carbocycles. The maximum atomic E-state index is 10.1. The minimum atomic E-state index is -0.413. The number of hydrogen-bond donors (Lipinski definition) is 1. The predicted molar refractivity (Wildman–Crippen MR) is 105 cm³/mol. The van der Waals surface area contributed by atoms with Gasteiger partial charge in [0.15, 0.2) is 0 Å². The Morgan fingerprint density at radius 3 is 2.36 bits per heavy atom. The predicted octanol–water partition coefficient (Wildman–Crippen LogP) is 3.72. The van der Waals surface area contributed by atoms with Crippen LogP contribution in [0.25, 0.3) is 0 Å². The number of piperidine rings is 1. The number of β-amino-alcohol motifs (C(OH)–C–C–N with tert-alkyl or cyclic N) is 1. The number of halogens is 1. The molecule has 1 heterocycles. The van der Waals surface area contributed by atoms with E-state index < -0.39 is 6.10 Å². The van der Waals surface area contributed by atoms with Crippen molar-refractivity contribution in [3.8, 4) is 5.75 Å². The van der Waals surface area contributed by atoms with E-state index in [2.05, 4.69) is 37.8 Å². The summed E-state index contributed by atoms with van der Waals surface area (Å²) in [4.78, 5) is 2.33. The average molecular weight is 372 g/mol. The summed E-state index contributed by atoms with van der Waals surface area (Å²) in [6.07, 6.45) is 2.05. The Morgan fingerprint density at radius 1 is 1.12 bits per heavy atom. The van der Waals surface area contributed by atoms with Crippen molar-refractivity contribution >= 4 is 12.4 Å². The van der Waals surface area contributed by atoms with Gasteiger partial charge in [0, 0.05) is 6.54 Å². The number of aliphatic hydroxyl groups is 1. The third-order valence-electron chi connectivity index (χ3n) is 4.70. The summed E-state index contributed by atoms with van der Waals surface area (Å²) in [5, 5.41) is 10.1. The van der Waals surface area contributed by atoms with Crippen LogP contribution in [0.1, 0.15) is 45.1 Å². The van der Waals surface area contributed by atoms with Crippen LogP contribution in [0.2, 0.25) is 0 Å². The van der Waals surface area contributed by atoms with E-state index in [1.807, 2.05) is 12.1 Å². The fraction of sp³-hybridized carbons (Fsp3) is 0.700. The Balaban J connectivity index is 0.00000312. The molecular weight excluding hydrogens is 338 g/mol. The number of aliphatic hydroxyl groups excluding tert-OH is 1. The normalized spacial score (nSPS) is 17.3. The van der Waals surface area contributed by atoms with Gasteiger partial charge in [-0.1, -0.05) is 32.9 Å². The van der Waals surface area contributed by atoms with Crippen LogP contribution in [-0.2, 0) is 4.74 Å². The SMILES string of the molecule is CC1CCN(CC(O)COCCOc2ccc(C(C)C)cc2)CC1.Cl. The highest BCUT2D eigenvalue weighted by atomic mass is 35.5. The molecule has 1 aromatic carbocycles. The van der Waals surface area contributed by atoms with Crippen LogP contribution in [-0.4, -0.2) is 55.6 Å². The quantitative estimate of drug-likeness (QED) is 0.672. The molecule has 1 fully saturated rings. The van der Waals surface area contributed by atoms with Crippen molar-refractivity contribution < 1.29 is 14.6 Å². The van der Waals surface area contributed by atoms with Crippen molar-refractivity contribution in [3.05, 3.63) is 29.8 Å². The Hall–Kier alpha value is -0.810. The van der Waals surface area contributed by atoms with Crippen LogP contribution >= 0.6 is 12.4 Å². The average Bonchev–Trinajstić information content (AvgIpc) is 2.57. The molecule has 0 amide bonds. The molecule has 1 unspecified atom stereocenters. The first-order valence-electron chi connectivity index (χ1n) is 9.25. The van der Waals surface area contributed by atoms with Crippen LogP contribution in [0.15, 0.2) is 24.3 Å². The van der Waals surface area contributed by atoms with Crippen LogP contribution in [0.4, 0.5) is 0 Å². The zero-order valence-corrected chi connectivity index (χ0v) is 16.6. The highest BCUT2D eigenvalue weighted by Crippen LogP contribution is 2.18. The van der Waals surface area contributed by atoms with Crippen LogP contribution < -0.4 is 4.74 Å². The molecule has 1 aliphatic heterocycles. The third-order valence-corrected chi connectivity index (χ3v) is 4.70. The van der Waals surface area contributed by atoms with E-state index in [9.17, 15) is 5.11 Å². The molecule has 0 aliphatic carbocycles. The zero-order chi connectivity index (χ0) is 17.4. The van der Waals surface area contributed by atoms with Gasteiger partial charge < -0.3 is 19.5 Å². The Morgan fingerprint density at radius 2 is 1.76 bits per heavy atom. The summed E-state index contributed by atoms with van der Waals surface area (Å²) in [6.45, 7) is 10.9. The molecule has 1 N–H and O–H groups in total. The number of hydrogen-bond acceptors (Lipinski definition) is 4. The maximum Gasteiger partial charge on any atom is 0.119 e. The van der Waals surface area contributed by atoms with Gasteiger partial charge in [-0.3, -0.25) is 0 Å². The molecule has 0 bridgehead atoms. The molecule has 0 radical (unpaired) electrons. The summed E-state index contributed by atoms with van der Waals surface area (Å²) in [7, 11) is 0. The highest BCUT2D eigenvalue weighted by molar-refractivity contribution is 5.85. The van der Waals surface area contributed by atoms with E-state index in [1.165, 1.54) is 18.4 Å².